The van der Waals surface area contributed by atoms with E-state index in [0.717, 1.165) is 18.2 Å². The monoisotopic (exact) mass is 319 g/mol. The first-order chi connectivity index (χ1) is 8.04. The molecule has 0 spiro atoms. The molecule has 5 heteroatoms. The quantitative estimate of drug-likeness (QED) is 0.818. The van der Waals surface area contributed by atoms with E-state index in [1.54, 1.807) is 6.07 Å². The van der Waals surface area contributed by atoms with Crippen LogP contribution < -0.4 is 5.32 Å². The molecular formula is C12H15BrClNO2. The molecule has 0 aromatic heterocycles. The Kier molecular flexibility index (Phi) is 5.78. The Morgan fingerprint density at radius 3 is 2.94 bits per heavy atom. The summed E-state index contributed by atoms with van der Waals surface area (Å²) in [4.78, 5) is 11.8. The SMILES string of the molecule is CC(CCCBr)NC(=O)c1cc(Cl)ccc1O. The summed E-state index contributed by atoms with van der Waals surface area (Å²) < 4.78 is 0. The number of carbonyl (C=O) groups excluding carboxylic acids is 1. The molecule has 0 fully saturated rings. The number of rotatable bonds is 5. The van der Waals surface area contributed by atoms with Gasteiger partial charge >= 0.3 is 0 Å². The molecule has 0 saturated carbocycles. The normalized spacial score (nSPS) is 12.2. The second-order valence-corrected chi connectivity index (χ2v) is 5.10. The minimum absolute atomic E-state index is 0.0559. The Morgan fingerprint density at radius 1 is 1.59 bits per heavy atom. The van der Waals surface area contributed by atoms with Gasteiger partial charge < -0.3 is 10.4 Å². The van der Waals surface area contributed by atoms with Crippen molar-refractivity contribution in [1.82, 2.24) is 5.32 Å². The molecule has 0 aliphatic carbocycles. The summed E-state index contributed by atoms with van der Waals surface area (Å²) in [5.74, 6) is -0.355. The van der Waals surface area contributed by atoms with Crippen LogP contribution in [-0.2, 0) is 0 Å². The third-order valence-corrected chi connectivity index (χ3v) is 3.15. The van der Waals surface area contributed by atoms with E-state index < -0.39 is 0 Å². The molecule has 0 saturated heterocycles. The molecule has 0 heterocycles. The van der Waals surface area contributed by atoms with Gasteiger partial charge in [0.05, 0.1) is 5.56 Å². The third-order valence-electron chi connectivity index (χ3n) is 2.35. The molecule has 2 N–H and O–H groups in total. The number of hydrogen-bond donors (Lipinski definition) is 2. The van der Waals surface area contributed by atoms with Crippen molar-refractivity contribution < 1.29 is 9.90 Å². The molecule has 0 aliphatic rings. The lowest BCUT2D eigenvalue weighted by Gasteiger charge is -2.13. The Balaban J connectivity index is 2.66. The van der Waals surface area contributed by atoms with Crippen molar-refractivity contribution >= 4 is 33.4 Å². The summed E-state index contributed by atoms with van der Waals surface area (Å²) >= 11 is 9.12. The van der Waals surface area contributed by atoms with Crippen LogP contribution in [0.3, 0.4) is 0 Å². The molecule has 1 atom stereocenters. The highest BCUT2D eigenvalue weighted by atomic mass is 79.9. The third kappa shape index (κ3) is 4.56. The molecule has 0 bridgehead atoms. The van der Waals surface area contributed by atoms with E-state index in [9.17, 15) is 9.90 Å². The maximum Gasteiger partial charge on any atom is 0.255 e. The highest BCUT2D eigenvalue weighted by Gasteiger charge is 2.13. The molecule has 3 nitrogen and oxygen atoms in total. The fourth-order valence-corrected chi connectivity index (χ4v) is 1.94. The zero-order valence-corrected chi connectivity index (χ0v) is 11.9. The first kappa shape index (κ1) is 14.3. The summed E-state index contributed by atoms with van der Waals surface area (Å²) in [6.45, 7) is 1.93. The number of halogens is 2. The predicted molar refractivity (Wildman–Crippen MR) is 73.1 cm³/mol. The second-order valence-electron chi connectivity index (χ2n) is 3.87. The van der Waals surface area contributed by atoms with Gasteiger partial charge in [-0.3, -0.25) is 4.79 Å². The van der Waals surface area contributed by atoms with Gasteiger partial charge in [0.15, 0.2) is 0 Å². The number of nitrogens with one attached hydrogen (secondary N) is 1. The van der Waals surface area contributed by atoms with Crippen LogP contribution in [0.1, 0.15) is 30.1 Å². The number of hydrogen-bond acceptors (Lipinski definition) is 2. The van der Waals surface area contributed by atoms with Crippen LogP contribution in [0.2, 0.25) is 5.02 Å². The van der Waals surface area contributed by atoms with Crippen LogP contribution >= 0.6 is 27.5 Å². The Bertz CT molecular complexity index is 398. The zero-order chi connectivity index (χ0) is 12.8. The van der Waals surface area contributed by atoms with E-state index in [1.807, 2.05) is 6.92 Å². The number of benzene rings is 1. The van der Waals surface area contributed by atoms with E-state index in [-0.39, 0.29) is 23.3 Å². The Morgan fingerprint density at radius 2 is 2.29 bits per heavy atom. The van der Waals surface area contributed by atoms with Gasteiger partial charge in [-0.25, -0.2) is 0 Å². The fourth-order valence-electron chi connectivity index (χ4n) is 1.45. The molecule has 17 heavy (non-hydrogen) atoms. The van der Waals surface area contributed by atoms with E-state index in [1.165, 1.54) is 12.1 Å². The minimum atomic E-state index is -0.299. The van der Waals surface area contributed by atoms with E-state index in [4.69, 9.17) is 11.6 Å². The number of carbonyl (C=O) groups is 1. The van der Waals surface area contributed by atoms with Gasteiger partial charge in [-0.05, 0) is 38.0 Å². The van der Waals surface area contributed by atoms with Crippen LogP contribution in [-0.4, -0.2) is 22.4 Å². The van der Waals surface area contributed by atoms with Crippen LogP contribution in [0, 0.1) is 0 Å². The first-order valence-electron chi connectivity index (χ1n) is 5.40. The minimum Gasteiger partial charge on any atom is -0.507 e. The molecule has 0 radical (unpaired) electrons. The molecule has 0 aliphatic heterocycles. The summed E-state index contributed by atoms with van der Waals surface area (Å²) in [7, 11) is 0. The maximum atomic E-state index is 11.8. The van der Waals surface area contributed by atoms with Crippen molar-refractivity contribution in [3.63, 3.8) is 0 Å². The lowest BCUT2D eigenvalue weighted by atomic mass is 10.1. The predicted octanol–water partition coefficient (Wildman–Crippen LogP) is 3.34. The summed E-state index contributed by atoms with van der Waals surface area (Å²) in [6, 6.07) is 4.49. The smallest absolute Gasteiger partial charge is 0.255 e. The number of phenols is 1. The van der Waals surface area contributed by atoms with Gasteiger partial charge in [-0.1, -0.05) is 27.5 Å². The number of phenolic OH excluding ortho intramolecular Hbond substituents is 1. The van der Waals surface area contributed by atoms with Gasteiger partial charge in [0.1, 0.15) is 5.75 Å². The molecule has 1 rings (SSSR count). The lowest BCUT2D eigenvalue weighted by molar-refractivity contribution is 0.0935. The molecular weight excluding hydrogens is 305 g/mol. The molecule has 1 aromatic rings. The average molecular weight is 321 g/mol. The molecule has 1 aromatic carbocycles. The molecule has 1 unspecified atom stereocenters. The molecule has 1 amide bonds. The number of amides is 1. The zero-order valence-electron chi connectivity index (χ0n) is 9.54. The largest absolute Gasteiger partial charge is 0.507 e. The average Bonchev–Trinajstić information content (AvgIpc) is 2.29. The van der Waals surface area contributed by atoms with Gasteiger partial charge in [0.25, 0.3) is 5.91 Å². The van der Waals surface area contributed by atoms with Crippen LogP contribution in [0.5, 0.6) is 5.75 Å². The van der Waals surface area contributed by atoms with Crippen LogP contribution in [0.15, 0.2) is 18.2 Å². The maximum absolute atomic E-state index is 11.8. The Labute approximate surface area is 114 Å². The highest BCUT2D eigenvalue weighted by Crippen LogP contribution is 2.21. The molecule has 94 valence electrons. The summed E-state index contributed by atoms with van der Waals surface area (Å²) in [5, 5.41) is 13.7. The standard InChI is InChI=1S/C12H15BrClNO2/c1-8(3-2-6-13)15-12(17)10-7-9(14)4-5-11(10)16/h4-5,7-8,16H,2-3,6H2,1H3,(H,15,17). The van der Waals surface area contributed by atoms with Crippen molar-refractivity contribution in [2.75, 3.05) is 5.33 Å². The van der Waals surface area contributed by atoms with Gasteiger partial charge in [-0.15, -0.1) is 0 Å². The van der Waals surface area contributed by atoms with Crippen LogP contribution in [0.25, 0.3) is 0 Å². The number of alkyl halides is 1. The fraction of sp³-hybridized carbons (Fsp3) is 0.417. The van der Waals surface area contributed by atoms with Gasteiger partial charge in [0, 0.05) is 16.4 Å². The lowest BCUT2D eigenvalue weighted by Crippen LogP contribution is -2.32. The van der Waals surface area contributed by atoms with Gasteiger partial charge in [-0.2, -0.15) is 0 Å². The summed E-state index contributed by atoms with van der Waals surface area (Å²) in [6.07, 6.45) is 1.88. The Hall–Kier alpha value is -0.740. The van der Waals surface area contributed by atoms with Crippen molar-refractivity contribution in [1.29, 1.82) is 0 Å². The van der Waals surface area contributed by atoms with E-state index >= 15 is 0 Å². The topological polar surface area (TPSA) is 49.3 Å². The van der Waals surface area contributed by atoms with Crippen molar-refractivity contribution in [3.8, 4) is 5.75 Å². The first-order valence-corrected chi connectivity index (χ1v) is 6.90. The van der Waals surface area contributed by atoms with E-state index in [0.29, 0.717) is 5.02 Å². The summed E-state index contributed by atoms with van der Waals surface area (Å²) in [5.41, 5.74) is 0.211. The van der Waals surface area contributed by atoms with Crippen molar-refractivity contribution in [2.45, 2.75) is 25.8 Å². The second kappa shape index (κ2) is 6.87. The van der Waals surface area contributed by atoms with Gasteiger partial charge in [0.2, 0.25) is 0 Å². The van der Waals surface area contributed by atoms with Crippen LogP contribution in [0.4, 0.5) is 0 Å². The highest BCUT2D eigenvalue weighted by molar-refractivity contribution is 9.09. The van der Waals surface area contributed by atoms with Crippen molar-refractivity contribution in [3.05, 3.63) is 28.8 Å². The van der Waals surface area contributed by atoms with Crippen molar-refractivity contribution in [2.24, 2.45) is 0 Å². The van der Waals surface area contributed by atoms with E-state index in [2.05, 4.69) is 21.2 Å². The number of aromatic hydroxyl groups is 1.